The third-order valence-corrected chi connectivity index (χ3v) is 7.94. The van der Waals surface area contributed by atoms with Gasteiger partial charge >= 0.3 is 0 Å². The van der Waals surface area contributed by atoms with E-state index in [2.05, 4.69) is 32.2 Å². The van der Waals surface area contributed by atoms with Gasteiger partial charge in [-0.25, -0.2) is 12.7 Å². The highest BCUT2D eigenvalue weighted by molar-refractivity contribution is 7.89. The van der Waals surface area contributed by atoms with E-state index < -0.39 is 10.0 Å². The first-order chi connectivity index (χ1) is 14.0. The minimum Gasteiger partial charge on any atom is -0.326 e. The average Bonchev–Trinajstić information content (AvgIpc) is 3.22. The fourth-order valence-corrected chi connectivity index (χ4v) is 5.32. The van der Waals surface area contributed by atoms with Crippen LogP contribution in [-0.4, -0.2) is 52.2 Å². The van der Waals surface area contributed by atoms with E-state index in [1.165, 1.54) is 9.87 Å². The quantitative estimate of drug-likeness (QED) is 0.803. The van der Waals surface area contributed by atoms with Gasteiger partial charge in [0.25, 0.3) is 0 Å². The molecule has 0 bridgehead atoms. The predicted molar refractivity (Wildman–Crippen MR) is 110 cm³/mol. The lowest BCUT2D eigenvalue weighted by molar-refractivity contribution is -0.120. The van der Waals surface area contributed by atoms with Crippen molar-refractivity contribution >= 4 is 21.6 Å². The molecular weight excluding hydrogens is 390 g/mol. The number of anilines is 1. The number of rotatable bonds is 5. The molecule has 1 unspecified atom stereocenters. The highest BCUT2D eigenvalue weighted by Gasteiger charge is 2.30. The van der Waals surface area contributed by atoms with Crippen molar-refractivity contribution < 1.29 is 13.2 Å². The Labute approximate surface area is 171 Å². The molecule has 0 aliphatic carbocycles. The lowest BCUT2D eigenvalue weighted by Gasteiger charge is -2.30. The molecule has 1 aromatic heterocycles. The largest absolute Gasteiger partial charge is 0.326 e. The van der Waals surface area contributed by atoms with E-state index in [0.29, 0.717) is 31.8 Å². The third kappa shape index (κ3) is 4.35. The SMILES string of the molecule is CCS(=O)(=O)N1CCC(C(=O)Nc2ccc(C3CCc4nncn4C3)cc2)CC1. The van der Waals surface area contributed by atoms with Crippen molar-refractivity contribution in [3.63, 3.8) is 0 Å². The third-order valence-electron chi connectivity index (χ3n) is 6.06. The monoisotopic (exact) mass is 417 g/mol. The number of nitrogens with zero attached hydrogens (tertiary/aromatic N) is 4. The lowest BCUT2D eigenvalue weighted by Crippen LogP contribution is -2.42. The Hall–Kier alpha value is -2.26. The number of carbonyl (C=O) groups excluding carboxylic acids is 1. The first-order valence-electron chi connectivity index (χ1n) is 10.2. The molecule has 9 heteroatoms. The zero-order valence-electron chi connectivity index (χ0n) is 16.6. The molecule has 1 atom stereocenters. The van der Waals surface area contributed by atoms with E-state index >= 15 is 0 Å². The predicted octanol–water partition coefficient (Wildman–Crippen LogP) is 2.01. The maximum atomic E-state index is 12.6. The molecule has 1 amide bonds. The van der Waals surface area contributed by atoms with Crippen LogP contribution in [0.15, 0.2) is 30.6 Å². The Morgan fingerprint density at radius 2 is 1.90 bits per heavy atom. The molecule has 1 aromatic carbocycles. The van der Waals surface area contributed by atoms with E-state index in [4.69, 9.17) is 0 Å². The van der Waals surface area contributed by atoms with Crippen LogP contribution in [0.5, 0.6) is 0 Å². The van der Waals surface area contributed by atoms with E-state index in [-0.39, 0.29) is 17.6 Å². The number of hydrogen-bond acceptors (Lipinski definition) is 5. The van der Waals surface area contributed by atoms with Crippen molar-refractivity contribution in [1.29, 1.82) is 0 Å². The summed E-state index contributed by atoms with van der Waals surface area (Å²) in [6.45, 7) is 3.36. The topological polar surface area (TPSA) is 97.2 Å². The van der Waals surface area contributed by atoms with Gasteiger partial charge in [0.15, 0.2) is 0 Å². The Morgan fingerprint density at radius 1 is 1.17 bits per heavy atom. The van der Waals surface area contributed by atoms with Crippen LogP contribution in [0.25, 0.3) is 0 Å². The highest BCUT2D eigenvalue weighted by Crippen LogP contribution is 2.29. The van der Waals surface area contributed by atoms with Gasteiger partial charge in [-0.2, -0.15) is 0 Å². The van der Waals surface area contributed by atoms with Crippen LogP contribution in [0.3, 0.4) is 0 Å². The summed E-state index contributed by atoms with van der Waals surface area (Å²) in [5.41, 5.74) is 2.03. The van der Waals surface area contributed by atoms with E-state index in [1.807, 2.05) is 12.1 Å². The number of aryl methyl sites for hydroxylation is 1. The summed E-state index contributed by atoms with van der Waals surface area (Å²) < 4.78 is 27.5. The molecule has 29 heavy (non-hydrogen) atoms. The standard InChI is InChI=1S/C20H27N5O3S/c1-2-29(27,28)25-11-9-16(10-12-25)20(26)22-18-6-3-15(4-7-18)17-5-8-19-23-21-14-24(19)13-17/h3-4,6-7,14,16-17H,2,5,8-13H2,1H3,(H,22,26). The number of sulfonamides is 1. The van der Waals surface area contributed by atoms with Gasteiger partial charge in [-0.05, 0) is 43.9 Å². The van der Waals surface area contributed by atoms with Gasteiger partial charge in [-0.15, -0.1) is 10.2 Å². The first kappa shape index (κ1) is 20.0. The van der Waals surface area contributed by atoms with Crippen molar-refractivity contribution in [2.45, 2.75) is 45.1 Å². The minimum atomic E-state index is -3.17. The molecule has 2 aliphatic rings. The number of nitrogens with one attached hydrogen (secondary N) is 1. The molecule has 2 aliphatic heterocycles. The molecule has 3 heterocycles. The number of fused-ring (bicyclic) bond motifs is 1. The molecule has 2 aromatic rings. The summed E-state index contributed by atoms with van der Waals surface area (Å²) in [5.74, 6) is 1.40. The molecule has 4 rings (SSSR count). The second-order valence-electron chi connectivity index (χ2n) is 7.82. The van der Waals surface area contributed by atoms with Gasteiger partial charge in [0.1, 0.15) is 12.2 Å². The summed E-state index contributed by atoms with van der Waals surface area (Å²) in [7, 11) is -3.17. The van der Waals surface area contributed by atoms with Crippen molar-refractivity contribution in [1.82, 2.24) is 19.1 Å². The second-order valence-corrected chi connectivity index (χ2v) is 10.1. The fraction of sp³-hybridized carbons (Fsp3) is 0.550. The van der Waals surface area contributed by atoms with Gasteiger partial charge < -0.3 is 9.88 Å². The van der Waals surface area contributed by atoms with Crippen molar-refractivity contribution in [3.05, 3.63) is 42.0 Å². The highest BCUT2D eigenvalue weighted by atomic mass is 32.2. The summed E-state index contributed by atoms with van der Waals surface area (Å²) in [6, 6.07) is 8.05. The van der Waals surface area contributed by atoms with Crippen LogP contribution in [0.2, 0.25) is 0 Å². The maximum Gasteiger partial charge on any atom is 0.227 e. The van der Waals surface area contributed by atoms with Crippen LogP contribution < -0.4 is 5.32 Å². The normalized spacial score (nSPS) is 20.9. The van der Waals surface area contributed by atoms with Crippen LogP contribution in [-0.2, 0) is 27.8 Å². The number of carbonyl (C=O) groups is 1. The summed E-state index contributed by atoms with van der Waals surface area (Å²) in [6.07, 6.45) is 4.88. The van der Waals surface area contributed by atoms with E-state index in [0.717, 1.165) is 30.9 Å². The maximum absolute atomic E-state index is 12.6. The minimum absolute atomic E-state index is 0.0295. The molecular formula is C20H27N5O3S. The second kappa shape index (κ2) is 8.23. The van der Waals surface area contributed by atoms with Gasteiger partial charge in [0.2, 0.25) is 15.9 Å². The number of hydrogen-bond donors (Lipinski definition) is 1. The van der Waals surface area contributed by atoms with Crippen LogP contribution in [0.4, 0.5) is 5.69 Å². The average molecular weight is 418 g/mol. The zero-order valence-corrected chi connectivity index (χ0v) is 17.4. The Morgan fingerprint density at radius 3 is 2.59 bits per heavy atom. The summed E-state index contributed by atoms with van der Waals surface area (Å²) >= 11 is 0. The van der Waals surface area contributed by atoms with Crippen LogP contribution >= 0.6 is 0 Å². The van der Waals surface area contributed by atoms with Gasteiger partial charge in [0.05, 0.1) is 5.75 Å². The smallest absolute Gasteiger partial charge is 0.227 e. The van der Waals surface area contributed by atoms with Crippen molar-refractivity contribution in [2.24, 2.45) is 5.92 Å². The van der Waals surface area contributed by atoms with Crippen molar-refractivity contribution in [2.75, 3.05) is 24.2 Å². The molecule has 0 saturated carbocycles. The van der Waals surface area contributed by atoms with E-state index in [1.54, 1.807) is 13.3 Å². The Bertz CT molecular complexity index is 962. The summed E-state index contributed by atoms with van der Waals surface area (Å²) in [5, 5.41) is 11.1. The number of benzene rings is 1. The molecule has 1 saturated heterocycles. The molecule has 8 nitrogen and oxygen atoms in total. The summed E-state index contributed by atoms with van der Waals surface area (Å²) in [4.78, 5) is 12.6. The van der Waals surface area contributed by atoms with Crippen LogP contribution in [0.1, 0.15) is 43.5 Å². The molecule has 1 fully saturated rings. The zero-order chi connectivity index (χ0) is 20.4. The number of amides is 1. The lowest BCUT2D eigenvalue weighted by atomic mass is 9.91. The number of aromatic nitrogens is 3. The molecule has 0 radical (unpaired) electrons. The van der Waals surface area contributed by atoms with Crippen molar-refractivity contribution in [3.8, 4) is 0 Å². The molecule has 156 valence electrons. The van der Waals surface area contributed by atoms with Gasteiger partial charge in [-0.1, -0.05) is 12.1 Å². The van der Waals surface area contributed by atoms with Crippen LogP contribution in [0, 0.1) is 5.92 Å². The number of piperidine rings is 1. The first-order valence-corrected chi connectivity index (χ1v) is 11.8. The molecule has 0 spiro atoms. The molecule has 1 N–H and O–H groups in total. The van der Waals surface area contributed by atoms with Gasteiger partial charge in [-0.3, -0.25) is 4.79 Å². The Balaban J connectivity index is 1.32. The van der Waals surface area contributed by atoms with E-state index in [9.17, 15) is 13.2 Å². The Kier molecular flexibility index (Phi) is 5.69. The van der Waals surface area contributed by atoms with Gasteiger partial charge in [0, 0.05) is 43.6 Å². The fourth-order valence-electron chi connectivity index (χ4n) is 4.19.